The predicted molar refractivity (Wildman–Crippen MR) is 204 cm³/mol. The van der Waals surface area contributed by atoms with E-state index in [4.69, 9.17) is 9.16 Å². The van der Waals surface area contributed by atoms with Crippen LogP contribution in [0.25, 0.3) is 21.9 Å². The smallest absolute Gasteiger partial charge is 0.220 e. The highest BCUT2D eigenvalue weighted by atomic mass is 31.2. The number of hydrogen-bond acceptors (Lipinski definition) is 4. The lowest BCUT2D eigenvalue weighted by atomic mass is 10.1. The van der Waals surface area contributed by atoms with Gasteiger partial charge in [-0.2, -0.15) is 0 Å². The summed E-state index contributed by atoms with van der Waals surface area (Å²) in [6, 6.07) is 53.7. The Balaban J connectivity index is 1.47. The molecule has 0 aliphatic carbocycles. The first-order valence-corrected chi connectivity index (χ1v) is 18.0. The van der Waals surface area contributed by atoms with Gasteiger partial charge in [0.05, 0.1) is 23.5 Å². The van der Waals surface area contributed by atoms with Crippen molar-refractivity contribution in [2.75, 3.05) is 38.0 Å². The number of hydrogen-bond donors (Lipinski definition) is 1. The van der Waals surface area contributed by atoms with Gasteiger partial charge in [-0.1, -0.05) is 109 Å². The monoisotopic (exact) mass is 647 g/mol. The zero-order valence-corrected chi connectivity index (χ0v) is 28.7. The first kappa shape index (κ1) is 31.2. The molecule has 7 aromatic rings. The summed E-state index contributed by atoms with van der Waals surface area (Å²) in [5.74, 6) is 0. The lowest BCUT2D eigenvalue weighted by Gasteiger charge is -2.27. The van der Waals surface area contributed by atoms with Crippen molar-refractivity contribution in [1.29, 1.82) is 0 Å². The molecular formula is C42H40N4OP+. The molecule has 1 N–H and O–H groups in total. The van der Waals surface area contributed by atoms with Gasteiger partial charge in [0, 0.05) is 73.2 Å². The van der Waals surface area contributed by atoms with Crippen LogP contribution in [0.3, 0.4) is 0 Å². The highest BCUT2D eigenvalue weighted by Crippen LogP contribution is 2.49. The van der Waals surface area contributed by atoms with Gasteiger partial charge in [-0.3, -0.25) is 4.74 Å². The van der Waals surface area contributed by atoms with Gasteiger partial charge in [-0.05, 0) is 30.3 Å². The number of fused-ring (bicyclic) bond motifs is 2. The Labute approximate surface area is 282 Å². The van der Waals surface area contributed by atoms with E-state index in [1.54, 1.807) is 0 Å². The third-order valence-electron chi connectivity index (χ3n) is 8.82. The molecule has 238 valence electrons. The third-order valence-corrected chi connectivity index (χ3v) is 12.5. The molecule has 0 aliphatic rings. The first-order chi connectivity index (χ1) is 23.4. The van der Waals surface area contributed by atoms with Gasteiger partial charge >= 0.3 is 0 Å². The van der Waals surface area contributed by atoms with Crippen molar-refractivity contribution in [3.05, 3.63) is 163 Å². The second kappa shape index (κ2) is 13.4. The molecule has 1 heterocycles. The number of anilines is 2. The average Bonchev–Trinajstić information content (AvgIpc) is 3.13. The fourth-order valence-corrected chi connectivity index (χ4v) is 9.84. The fraction of sp³-hybridized carbons (Fsp3) is 0.119. The first-order valence-electron chi connectivity index (χ1n) is 16.2. The molecule has 48 heavy (non-hydrogen) atoms. The van der Waals surface area contributed by atoms with Crippen molar-refractivity contribution in [1.82, 2.24) is 0 Å². The Morgan fingerprint density at radius 1 is 0.542 bits per heavy atom. The summed E-state index contributed by atoms with van der Waals surface area (Å²) >= 11 is 0. The van der Waals surface area contributed by atoms with Crippen LogP contribution in [-0.2, 0) is 6.54 Å². The maximum atomic E-state index is 6.55. The van der Waals surface area contributed by atoms with E-state index in [1.807, 2.05) is 0 Å². The molecule has 6 heteroatoms. The molecule has 1 aromatic heterocycles. The summed E-state index contributed by atoms with van der Waals surface area (Å²) < 4.78 is 12.4. The zero-order chi connectivity index (χ0) is 33.1. The number of benzene rings is 6. The lowest BCUT2D eigenvalue weighted by Crippen LogP contribution is -2.75. The van der Waals surface area contributed by atoms with Crippen molar-refractivity contribution < 1.29 is 9.41 Å². The van der Waals surface area contributed by atoms with Crippen LogP contribution >= 0.6 is 7.05 Å². The normalized spacial score (nSPS) is 11.4. The van der Waals surface area contributed by atoms with Crippen LogP contribution in [0.2, 0.25) is 0 Å². The Bertz CT molecular complexity index is 2160. The van der Waals surface area contributed by atoms with Crippen molar-refractivity contribution in [2.45, 2.75) is 6.54 Å². The molecule has 0 spiro atoms. The highest BCUT2D eigenvalue weighted by Gasteiger charge is 2.28. The van der Waals surface area contributed by atoms with Crippen LogP contribution in [0.4, 0.5) is 17.1 Å². The molecule has 5 nitrogen and oxygen atoms in total. The van der Waals surface area contributed by atoms with Gasteiger partial charge in [-0.15, -0.1) is 0 Å². The summed E-state index contributed by atoms with van der Waals surface area (Å²) in [5.41, 5.74) is 5.97. The predicted octanol–water partition coefficient (Wildman–Crippen LogP) is 6.71. The Morgan fingerprint density at radius 3 is 1.44 bits per heavy atom. The van der Waals surface area contributed by atoms with Gasteiger partial charge in [-0.25, -0.2) is 4.99 Å². The van der Waals surface area contributed by atoms with E-state index in [-0.39, 0.29) is 0 Å². The summed E-state index contributed by atoms with van der Waals surface area (Å²) in [7, 11) is 5.77. The molecular weight excluding hydrogens is 607 g/mol. The molecule has 0 amide bonds. The minimum atomic E-state index is -2.43. The molecule has 0 atom stereocenters. The van der Waals surface area contributed by atoms with Crippen LogP contribution < -0.4 is 36.1 Å². The second-order valence-corrected chi connectivity index (χ2v) is 15.4. The van der Waals surface area contributed by atoms with E-state index in [0.717, 1.165) is 49.9 Å². The van der Waals surface area contributed by atoms with Gasteiger partial charge in [0.15, 0.2) is 6.54 Å². The highest BCUT2D eigenvalue weighted by molar-refractivity contribution is 7.87. The van der Waals surface area contributed by atoms with Crippen LogP contribution in [0.15, 0.2) is 161 Å². The van der Waals surface area contributed by atoms with Gasteiger partial charge in [0.1, 0.15) is 11.2 Å². The molecule has 0 bridgehead atoms. The van der Waals surface area contributed by atoms with E-state index in [1.165, 1.54) is 15.9 Å². The van der Waals surface area contributed by atoms with Crippen LogP contribution in [-0.4, -0.2) is 28.2 Å². The Morgan fingerprint density at radius 2 is 0.979 bits per heavy atom. The maximum absolute atomic E-state index is 6.55. The molecule has 6 aromatic carbocycles. The number of rotatable bonds is 8. The minimum Gasteiger partial charge on any atom is -0.455 e. The van der Waals surface area contributed by atoms with Crippen molar-refractivity contribution in [2.24, 2.45) is 4.74 Å². The Hall–Kier alpha value is -5.38. The summed E-state index contributed by atoms with van der Waals surface area (Å²) in [4.78, 5) is 8.05. The summed E-state index contributed by atoms with van der Waals surface area (Å²) in [6.07, 6.45) is 0. The van der Waals surface area contributed by atoms with E-state index >= 15 is 0 Å². The Kier molecular flexibility index (Phi) is 8.71. The van der Waals surface area contributed by atoms with Crippen LogP contribution in [0, 0.1) is 0 Å². The van der Waals surface area contributed by atoms with E-state index < -0.39 is 7.05 Å². The quantitative estimate of drug-likeness (QED) is 0.147. The minimum absolute atomic E-state index is 0.594. The van der Waals surface area contributed by atoms with Crippen molar-refractivity contribution in [3.63, 3.8) is 0 Å². The second-order valence-electron chi connectivity index (χ2n) is 12.4. The van der Waals surface area contributed by atoms with Crippen LogP contribution in [0.1, 0.15) is 5.56 Å². The third kappa shape index (κ3) is 5.94. The topological polar surface area (TPSA) is 46.0 Å². The van der Waals surface area contributed by atoms with Crippen molar-refractivity contribution >= 4 is 62.0 Å². The number of nitrogens with one attached hydrogen (secondary N) is 1. The number of nitrogens with zero attached hydrogens (tertiary/aromatic N) is 3. The van der Waals surface area contributed by atoms with Gasteiger partial charge in [0.2, 0.25) is 5.36 Å². The van der Waals surface area contributed by atoms with Gasteiger partial charge < -0.3 is 14.2 Å². The molecule has 7 rings (SSSR count). The molecule has 0 unspecified atom stereocenters. The molecule has 0 aliphatic heterocycles. The van der Waals surface area contributed by atoms with Gasteiger partial charge in [0.25, 0.3) is 0 Å². The zero-order valence-electron chi connectivity index (χ0n) is 27.8. The van der Waals surface area contributed by atoms with Crippen molar-refractivity contribution in [3.8, 4) is 0 Å². The van der Waals surface area contributed by atoms with Crippen LogP contribution in [0.5, 0.6) is 0 Å². The molecule has 0 saturated heterocycles. The lowest BCUT2D eigenvalue weighted by molar-refractivity contribution is -0.515. The van der Waals surface area contributed by atoms with E-state index in [0.29, 0.717) is 6.54 Å². The molecule has 0 saturated carbocycles. The summed E-state index contributed by atoms with van der Waals surface area (Å²) in [6.45, 7) is 0.594. The maximum Gasteiger partial charge on any atom is 0.220 e. The average molecular weight is 648 g/mol. The van der Waals surface area contributed by atoms with E-state index in [2.05, 4.69) is 195 Å². The fourth-order valence-electron chi connectivity index (χ4n) is 6.27. The molecule has 0 fully saturated rings. The summed E-state index contributed by atoms with van der Waals surface area (Å²) in [5, 5.41) is 6.80. The standard InChI is InChI=1S/C42H39N4OP/c1-45(2)32-24-26-37-40(28-32)47-41-29-33(46(3)4)25-27-38(41)42(37)43-30-31-16-14-15-23-39(31)44-48(34-17-8-5-9-18-34,35-19-10-6-11-20-35)36-21-12-7-13-22-36/h5-29H,30H2,1-4H3/p+1. The van der Waals surface area contributed by atoms with E-state index in [9.17, 15) is 0 Å². The largest absolute Gasteiger partial charge is 0.455 e. The SMILES string of the molecule is CN(C)c1ccc2c(=[NH+]Cc3ccccc3N=P(c3ccccc3)(c3ccccc3)c3ccccc3)c3ccc(N(C)C)cc3oc2c1. The molecule has 0 radical (unpaired) electrons.